The van der Waals surface area contributed by atoms with Gasteiger partial charge in [-0.2, -0.15) is 0 Å². The Hall–Kier alpha value is -1.17. The van der Waals surface area contributed by atoms with Crippen molar-refractivity contribution in [3.8, 4) is 0 Å². The van der Waals surface area contributed by atoms with Gasteiger partial charge in [-0.25, -0.2) is 8.42 Å². The average molecular weight is 280 g/mol. The van der Waals surface area contributed by atoms with Gasteiger partial charge in [0.05, 0.1) is 18.1 Å². The lowest BCUT2D eigenvalue weighted by atomic mass is 10.0. The van der Waals surface area contributed by atoms with E-state index in [1.807, 2.05) is 6.07 Å². The average Bonchev–Trinajstić information content (AvgIpc) is 2.89. The molecule has 0 unspecified atom stereocenters. The molecule has 0 amide bonds. The van der Waals surface area contributed by atoms with E-state index in [9.17, 15) is 8.42 Å². The first-order valence-electron chi connectivity index (χ1n) is 6.40. The minimum atomic E-state index is -3.36. The lowest BCUT2D eigenvalue weighted by molar-refractivity contribution is -0.160. The van der Waals surface area contributed by atoms with Gasteiger partial charge >= 0.3 is 0 Å². The van der Waals surface area contributed by atoms with Crippen molar-refractivity contribution in [3.05, 3.63) is 41.3 Å². The Kier molecular flexibility index (Phi) is 3.20. The van der Waals surface area contributed by atoms with Crippen LogP contribution < -0.4 is 0 Å². The number of hydrogen-bond acceptors (Lipinski definition) is 4. The van der Waals surface area contributed by atoms with Crippen LogP contribution in [-0.2, 0) is 19.3 Å². The van der Waals surface area contributed by atoms with Gasteiger partial charge < -0.3 is 9.47 Å². The highest BCUT2D eigenvalue weighted by atomic mass is 32.2. The predicted octanol–water partition coefficient (Wildman–Crippen LogP) is 2.27. The molecule has 0 N–H and O–H groups in total. The highest BCUT2D eigenvalue weighted by Gasteiger charge is 2.39. The van der Waals surface area contributed by atoms with Gasteiger partial charge in [-0.05, 0) is 18.6 Å². The Morgan fingerprint density at radius 2 is 1.74 bits per heavy atom. The van der Waals surface area contributed by atoms with Crippen LogP contribution >= 0.6 is 0 Å². The first kappa shape index (κ1) is 12.8. The highest BCUT2D eigenvalue weighted by Crippen LogP contribution is 2.37. The Balaban J connectivity index is 1.86. The summed E-state index contributed by atoms with van der Waals surface area (Å²) >= 11 is 0. The van der Waals surface area contributed by atoms with Crippen molar-refractivity contribution in [2.45, 2.75) is 29.9 Å². The molecule has 5 heteroatoms. The fourth-order valence-electron chi connectivity index (χ4n) is 2.54. The Bertz CT molecular complexity index is 583. The number of rotatable bonds is 2. The zero-order valence-corrected chi connectivity index (χ0v) is 11.4. The molecule has 102 valence electrons. The summed E-state index contributed by atoms with van der Waals surface area (Å²) in [4.78, 5) is 0.828. The minimum Gasteiger partial charge on any atom is -0.347 e. The molecule has 1 spiro atoms. The molecule has 3 rings (SSSR count). The molecule has 1 saturated heterocycles. The molecular formula is C14H16O4S. The summed E-state index contributed by atoms with van der Waals surface area (Å²) in [6.45, 7) is 1.18. The van der Waals surface area contributed by atoms with E-state index in [1.54, 1.807) is 30.3 Å². The van der Waals surface area contributed by atoms with Crippen LogP contribution in [0.1, 0.15) is 19.3 Å². The largest absolute Gasteiger partial charge is 0.347 e. The van der Waals surface area contributed by atoms with E-state index in [2.05, 4.69) is 0 Å². The van der Waals surface area contributed by atoms with Crippen LogP contribution in [0.25, 0.3) is 0 Å². The van der Waals surface area contributed by atoms with Crippen molar-refractivity contribution in [2.24, 2.45) is 0 Å². The number of allylic oxidation sites excluding steroid dienone is 1. The van der Waals surface area contributed by atoms with Crippen LogP contribution in [0.2, 0.25) is 0 Å². The van der Waals surface area contributed by atoms with Crippen LogP contribution in [0.15, 0.2) is 46.2 Å². The fourth-order valence-corrected chi connectivity index (χ4v) is 4.03. The lowest BCUT2D eigenvalue weighted by Gasteiger charge is -2.30. The summed E-state index contributed by atoms with van der Waals surface area (Å²) in [5.41, 5.74) is 0. The summed E-state index contributed by atoms with van der Waals surface area (Å²) in [7, 11) is -3.36. The third-order valence-electron chi connectivity index (χ3n) is 3.61. The third kappa shape index (κ3) is 2.33. The van der Waals surface area contributed by atoms with Crippen LogP contribution in [0.4, 0.5) is 0 Å². The zero-order valence-electron chi connectivity index (χ0n) is 10.5. The summed E-state index contributed by atoms with van der Waals surface area (Å²) < 4.78 is 36.1. The number of sulfone groups is 1. The van der Waals surface area contributed by atoms with Crippen molar-refractivity contribution in [1.29, 1.82) is 0 Å². The molecule has 0 aromatic heterocycles. The topological polar surface area (TPSA) is 52.6 Å². The van der Waals surface area contributed by atoms with E-state index in [-0.39, 0.29) is 0 Å². The van der Waals surface area contributed by atoms with Crippen LogP contribution in [0.3, 0.4) is 0 Å². The van der Waals surface area contributed by atoms with Gasteiger partial charge in [0.15, 0.2) is 5.79 Å². The van der Waals surface area contributed by atoms with Crippen LogP contribution in [0.5, 0.6) is 0 Å². The molecule has 1 fully saturated rings. The van der Waals surface area contributed by atoms with Gasteiger partial charge in [0.25, 0.3) is 0 Å². The molecule has 2 aliphatic rings. The Labute approximate surface area is 113 Å². The first-order valence-corrected chi connectivity index (χ1v) is 7.88. The van der Waals surface area contributed by atoms with E-state index in [0.717, 1.165) is 0 Å². The van der Waals surface area contributed by atoms with Gasteiger partial charge in [0, 0.05) is 17.7 Å². The van der Waals surface area contributed by atoms with Crippen molar-refractivity contribution in [3.63, 3.8) is 0 Å². The van der Waals surface area contributed by atoms with E-state index >= 15 is 0 Å². The molecule has 1 aliphatic carbocycles. The molecule has 0 saturated carbocycles. The van der Waals surface area contributed by atoms with Crippen molar-refractivity contribution < 1.29 is 17.9 Å². The summed E-state index contributed by atoms with van der Waals surface area (Å²) in [5, 5.41) is 0. The van der Waals surface area contributed by atoms with E-state index in [4.69, 9.17) is 9.47 Å². The van der Waals surface area contributed by atoms with Crippen LogP contribution in [0, 0.1) is 0 Å². The van der Waals surface area contributed by atoms with Gasteiger partial charge in [0.1, 0.15) is 0 Å². The monoisotopic (exact) mass is 280 g/mol. The molecule has 1 aromatic carbocycles. The van der Waals surface area contributed by atoms with E-state index < -0.39 is 15.6 Å². The van der Waals surface area contributed by atoms with Gasteiger partial charge in [-0.3, -0.25) is 0 Å². The van der Waals surface area contributed by atoms with E-state index in [0.29, 0.717) is 42.3 Å². The zero-order chi connectivity index (χ0) is 13.3. The molecular weight excluding hydrogens is 264 g/mol. The molecule has 4 nitrogen and oxygen atoms in total. The maximum Gasteiger partial charge on any atom is 0.202 e. The molecule has 19 heavy (non-hydrogen) atoms. The predicted molar refractivity (Wildman–Crippen MR) is 70.2 cm³/mol. The number of hydrogen-bond donors (Lipinski definition) is 0. The standard InChI is InChI=1S/C14H16O4S/c15-19(16,12-4-2-1-3-5-12)13-6-8-14(9-7-13)17-10-11-18-14/h1-6H,7-11H2. The summed E-state index contributed by atoms with van der Waals surface area (Å²) in [5.74, 6) is -0.574. The molecule has 0 atom stereocenters. The van der Waals surface area contributed by atoms with Gasteiger partial charge in [-0.1, -0.05) is 24.3 Å². The third-order valence-corrected chi connectivity index (χ3v) is 5.56. The molecule has 1 aromatic rings. The minimum absolute atomic E-state index is 0.352. The second-order valence-electron chi connectivity index (χ2n) is 4.80. The van der Waals surface area contributed by atoms with Crippen molar-refractivity contribution >= 4 is 9.84 Å². The fraction of sp³-hybridized carbons (Fsp3) is 0.429. The summed E-state index contributed by atoms with van der Waals surface area (Å²) in [6.07, 6.45) is 3.33. The van der Waals surface area contributed by atoms with Crippen LogP contribution in [-0.4, -0.2) is 27.4 Å². The van der Waals surface area contributed by atoms with Gasteiger partial charge in [0.2, 0.25) is 9.84 Å². The second kappa shape index (κ2) is 4.74. The lowest BCUT2D eigenvalue weighted by Crippen LogP contribution is -2.32. The van der Waals surface area contributed by atoms with Gasteiger partial charge in [-0.15, -0.1) is 0 Å². The molecule has 0 radical (unpaired) electrons. The quantitative estimate of drug-likeness (QED) is 0.834. The maximum absolute atomic E-state index is 12.4. The highest BCUT2D eigenvalue weighted by molar-refractivity contribution is 7.95. The van der Waals surface area contributed by atoms with Crippen molar-refractivity contribution in [2.75, 3.05) is 13.2 Å². The number of ether oxygens (including phenoxy) is 2. The second-order valence-corrected chi connectivity index (χ2v) is 6.80. The Morgan fingerprint density at radius 1 is 1.05 bits per heavy atom. The molecule has 1 aliphatic heterocycles. The Morgan fingerprint density at radius 3 is 2.32 bits per heavy atom. The molecule has 1 heterocycles. The SMILES string of the molecule is O=S(=O)(C1=CCC2(CC1)OCCO2)c1ccccc1. The molecule has 0 bridgehead atoms. The summed E-state index contributed by atoms with van der Waals surface area (Å²) in [6, 6.07) is 8.54. The maximum atomic E-state index is 12.4. The first-order chi connectivity index (χ1) is 9.12. The normalized spacial score (nSPS) is 22.4. The smallest absolute Gasteiger partial charge is 0.202 e. The van der Waals surface area contributed by atoms with E-state index in [1.165, 1.54) is 0 Å². The van der Waals surface area contributed by atoms with Crippen molar-refractivity contribution in [1.82, 2.24) is 0 Å². The number of benzene rings is 1.